The lowest BCUT2D eigenvalue weighted by molar-refractivity contribution is 0.0896. The van der Waals surface area contributed by atoms with Gasteiger partial charge in [-0.1, -0.05) is 26.2 Å². The van der Waals surface area contributed by atoms with E-state index in [0.717, 1.165) is 13.0 Å². The third-order valence-electron chi connectivity index (χ3n) is 1.48. The number of aliphatic hydroxyl groups is 3. The molecule has 0 aliphatic rings. The molecule has 4 nitrogen and oxygen atoms in total. The van der Waals surface area contributed by atoms with E-state index in [9.17, 15) is 0 Å². The molecule has 0 spiro atoms. The molecule has 0 aromatic rings. The Kier molecular flexibility index (Phi) is 21.6. The average Bonchev–Trinajstić information content (AvgIpc) is 2.24. The molecule has 4 heteroatoms. The van der Waals surface area contributed by atoms with Crippen molar-refractivity contribution in [1.29, 1.82) is 0 Å². The van der Waals surface area contributed by atoms with E-state index >= 15 is 0 Å². The van der Waals surface area contributed by atoms with Gasteiger partial charge in [0.15, 0.2) is 0 Å². The normalized spacial score (nSPS) is 9.43. The van der Waals surface area contributed by atoms with Gasteiger partial charge in [0.2, 0.25) is 0 Å². The lowest BCUT2D eigenvalue weighted by atomic mass is 10.2. The van der Waals surface area contributed by atoms with Crippen molar-refractivity contribution in [2.45, 2.75) is 32.6 Å². The first-order valence-corrected chi connectivity index (χ1v) is 5.23. The number of rotatable bonds is 8. The van der Waals surface area contributed by atoms with E-state index < -0.39 is 0 Å². The van der Waals surface area contributed by atoms with E-state index in [1.54, 1.807) is 0 Å². The second kappa shape index (κ2) is 18.6. The Bertz CT molecular complexity index is 68.5. The van der Waals surface area contributed by atoms with Gasteiger partial charge < -0.3 is 20.1 Å². The maximum atomic E-state index is 8.34. The molecular weight excluding hydrogens is 184 g/mol. The molecular formula is C10H24O4. The largest absolute Gasteiger partial charge is 0.394 e. The Balaban J connectivity index is 0. The molecule has 0 amide bonds. The minimum atomic E-state index is -0.125. The van der Waals surface area contributed by atoms with Crippen LogP contribution < -0.4 is 0 Å². The Hall–Kier alpha value is -0.160. The zero-order chi connectivity index (χ0) is 11.1. The van der Waals surface area contributed by atoms with Crippen LogP contribution in [0.15, 0.2) is 0 Å². The third-order valence-corrected chi connectivity index (χ3v) is 1.48. The van der Waals surface area contributed by atoms with Crippen LogP contribution in [0.5, 0.6) is 0 Å². The second-order valence-corrected chi connectivity index (χ2v) is 2.84. The van der Waals surface area contributed by atoms with Gasteiger partial charge in [-0.05, 0) is 6.42 Å². The summed E-state index contributed by atoms with van der Waals surface area (Å²) in [6.07, 6.45) is 4.94. The molecule has 0 saturated heterocycles. The summed E-state index contributed by atoms with van der Waals surface area (Å²) in [4.78, 5) is 0. The fourth-order valence-corrected chi connectivity index (χ4v) is 0.798. The summed E-state index contributed by atoms with van der Waals surface area (Å²) in [6.45, 7) is 3.38. The molecule has 0 aliphatic heterocycles. The molecule has 0 saturated carbocycles. The summed E-state index contributed by atoms with van der Waals surface area (Å²) >= 11 is 0. The van der Waals surface area contributed by atoms with Crippen LogP contribution in [-0.2, 0) is 4.74 Å². The van der Waals surface area contributed by atoms with E-state index in [2.05, 4.69) is 6.92 Å². The Morgan fingerprint density at radius 1 is 0.786 bits per heavy atom. The van der Waals surface area contributed by atoms with Crippen LogP contribution in [0.2, 0.25) is 0 Å². The minimum absolute atomic E-state index is 0.125. The topological polar surface area (TPSA) is 69.9 Å². The Labute approximate surface area is 86.5 Å². The minimum Gasteiger partial charge on any atom is -0.394 e. The number of ether oxygens (including phenoxy) is 1. The van der Waals surface area contributed by atoms with Crippen LogP contribution in [0.25, 0.3) is 0 Å². The number of hydrogen-bond acceptors (Lipinski definition) is 4. The molecule has 88 valence electrons. The van der Waals surface area contributed by atoms with Gasteiger partial charge in [0, 0.05) is 6.61 Å². The summed E-state index contributed by atoms with van der Waals surface area (Å²) in [5.74, 6) is 0. The van der Waals surface area contributed by atoms with E-state index in [0.29, 0.717) is 6.61 Å². The highest BCUT2D eigenvalue weighted by molar-refractivity contribution is 4.38. The van der Waals surface area contributed by atoms with Crippen molar-refractivity contribution in [3.05, 3.63) is 0 Å². The molecule has 0 aromatic heterocycles. The van der Waals surface area contributed by atoms with Crippen molar-refractivity contribution in [3.8, 4) is 0 Å². The summed E-state index contributed by atoms with van der Waals surface area (Å²) in [7, 11) is 0. The SMILES string of the molecule is CCCCCCOCCO.OCCO. The molecule has 0 aromatic carbocycles. The van der Waals surface area contributed by atoms with E-state index in [1.165, 1.54) is 19.3 Å². The Morgan fingerprint density at radius 3 is 1.86 bits per heavy atom. The van der Waals surface area contributed by atoms with Crippen LogP contribution >= 0.6 is 0 Å². The van der Waals surface area contributed by atoms with Crippen LogP contribution in [0.4, 0.5) is 0 Å². The second-order valence-electron chi connectivity index (χ2n) is 2.84. The Morgan fingerprint density at radius 2 is 1.43 bits per heavy atom. The molecule has 3 N–H and O–H groups in total. The van der Waals surface area contributed by atoms with Gasteiger partial charge in [0.25, 0.3) is 0 Å². The highest BCUT2D eigenvalue weighted by Gasteiger charge is 1.87. The highest BCUT2D eigenvalue weighted by Crippen LogP contribution is 1.98. The first kappa shape index (κ1) is 16.3. The maximum absolute atomic E-state index is 8.34. The molecule has 0 aliphatic carbocycles. The average molecular weight is 208 g/mol. The fourth-order valence-electron chi connectivity index (χ4n) is 0.798. The van der Waals surface area contributed by atoms with Crippen molar-refractivity contribution in [1.82, 2.24) is 0 Å². The van der Waals surface area contributed by atoms with Gasteiger partial charge in [-0.2, -0.15) is 0 Å². The first-order valence-electron chi connectivity index (χ1n) is 5.23. The first-order chi connectivity index (χ1) is 6.83. The van der Waals surface area contributed by atoms with Crippen molar-refractivity contribution >= 4 is 0 Å². The van der Waals surface area contributed by atoms with E-state index in [4.69, 9.17) is 20.1 Å². The summed E-state index contributed by atoms with van der Waals surface area (Å²) in [5.41, 5.74) is 0. The predicted molar refractivity (Wildman–Crippen MR) is 56.2 cm³/mol. The molecule has 0 atom stereocenters. The van der Waals surface area contributed by atoms with Gasteiger partial charge in [0.05, 0.1) is 26.4 Å². The summed E-state index contributed by atoms with van der Waals surface area (Å²) < 4.78 is 5.08. The maximum Gasteiger partial charge on any atom is 0.0697 e. The van der Waals surface area contributed by atoms with Crippen LogP contribution in [-0.4, -0.2) is 48.4 Å². The third kappa shape index (κ3) is 22.6. The van der Waals surface area contributed by atoms with Crippen LogP contribution in [0.3, 0.4) is 0 Å². The smallest absolute Gasteiger partial charge is 0.0697 e. The van der Waals surface area contributed by atoms with Crippen molar-refractivity contribution in [3.63, 3.8) is 0 Å². The fraction of sp³-hybridized carbons (Fsp3) is 1.00. The molecule has 0 fully saturated rings. The summed E-state index contributed by atoms with van der Waals surface area (Å²) in [5, 5.41) is 23.6. The number of unbranched alkanes of at least 4 members (excludes halogenated alkanes) is 3. The van der Waals surface area contributed by atoms with Gasteiger partial charge in [-0.15, -0.1) is 0 Å². The van der Waals surface area contributed by atoms with Gasteiger partial charge in [0.1, 0.15) is 0 Å². The molecule has 0 rings (SSSR count). The number of aliphatic hydroxyl groups excluding tert-OH is 3. The monoisotopic (exact) mass is 208 g/mol. The lowest BCUT2D eigenvalue weighted by Gasteiger charge is -2.00. The molecule has 0 radical (unpaired) electrons. The predicted octanol–water partition coefficient (Wildman–Crippen LogP) is 0.547. The van der Waals surface area contributed by atoms with Crippen molar-refractivity contribution < 1.29 is 20.1 Å². The molecule has 0 unspecified atom stereocenters. The summed E-state index contributed by atoms with van der Waals surface area (Å²) in [6, 6.07) is 0. The lowest BCUT2D eigenvalue weighted by Crippen LogP contribution is -2.00. The van der Waals surface area contributed by atoms with Crippen molar-refractivity contribution in [2.24, 2.45) is 0 Å². The highest BCUT2D eigenvalue weighted by atomic mass is 16.5. The van der Waals surface area contributed by atoms with Gasteiger partial charge >= 0.3 is 0 Å². The van der Waals surface area contributed by atoms with Crippen LogP contribution in [0, 0.1) is 0 Å². The molecule has 14 heavy (non-hydrogen) atoms. The zero-order valence-corrected chi connectivity index (χ0v) is 9.11. The van der Waals surface area contributed by atoms with E-state index in [-0.39, 0.29) is 19.8 Å². The molecule has 0 bridgehead atoms. The van der Waals surface area contributed by atoms with Gasteiger partial charge in [-0.25, -0.2) is 0 Å². The van der Waals surface area contributed by atoms with Gasteiger partial charge in [-0.3, -0.25) is 0 Å². The zero-order valence-electron chi connectivity index (χ0n) is 9.11. The molecule has 0 heterocycles. The van der Waals surface area contributed by atoms with Crippen LogP contribution in [0.1, 0.15) is 32.6 Å². The van der Waals surface area contributed by atoms with E-state index in [1.807, 2.05) is 0 Å². The number of hydrogen-bond donors (Lipinski definition) is 3. The van der Waals surface area contributed by atoms with Crippen molar-refractivity contribution in [2.75, 3.05) is 33.0 Å². The quantitative estimate of drug-likeness (QED) is 0.509. The standard InChI is InChI=1S/C8H18O2.C2H6O2/c1-2-3-4-5-7-10-8-6-9;3-1-2-4/h9H,2-8H2,1H3;3-4H,1-2H2.